The van der Waals surface area contributed by atoms with Crippen LogP contribution >= 0.6 is 0 Å². The summed E-state index contributed by atoms with van der Waals surface area (Å²) in [5.74, 6) is -0.650. The Morgan fingerprint density at radius 2 is 1.82 bits per heavy atom. The SMILES string of the molecule is O=C1CC(C(=O)N2CCN(c3cccc([N+](=O)[O-])c3)CC2)c2ccccc2N1. The number of anilines is 2. The minimum Gasteiger partial charge on any atom is -0.368 e. The highest BCUT2D eigenvalue weighted by Gasteiger charge is 2.34. The van der Waals surface area contributed by atoms with Crippen molar-refractivity contribution in [3.05, 3.63) is 64.2 Å². The molecule has 0 aliphatic carbocycles. The van der Waals surface area contributed by atoms with E-state index in [0.29, 0.717) is 31.9 Å². The lowest BCUT2D eigenvalue weighted by Crippen LogP contribution is -2.50. The number of amides is 2. The molecule has 2 aromatic carbocycles. The summed E-state index contributed by atoms with van der Waals surface area (Å²) >= 11 is 0. The van der Waals surface area contributed by atoms with Gasteiger partial charge in [0, 0.05) is 56.1 Å². The lowest BCUT2D eigenvalue weighted by Gasteiger charge is -2.38. The molecule has 0 radical (unpaired) electrons. The second-order valence-corrected chi connectivity index (χ2v) is 6.98. The topological polar surface area (TPSA) is 95.8 Å². The fraction of sp³-hybridized carbons (Fsp3) is 0.300. The van der Waals surface area contributed by atoms with Gasteiger partial charge in [0.1, 0.15) is 0 Å². The number of hydrogen-bond acceptors (Lipinski definition) is 5. The summed E-state index contributed by atoms with van der Waals surface area (Å²) in [6, 6.07) is 13.9. The highest BCUT2D eigenvalue weighted by Crippen LogP contribution is 2.33. The van der Waals surface area contributed by atoms with Gasteiger partial charge in [-0.2, -0.15) is 0 Å². The van der Waals surface area contributed by atoms with Crippen LogP contribution < -0.4 is 10.2 Å². The van der Waals surface area contributed by atoms with E-state index in [1.165, 1.54) is 6.07 Å². The van der Waals surface area contributed by atoms with Crippen LogP contribution in [-0.4, -0.2) is 47.8 Å². The normalized spacial score (nSPS) is 19.0. The number of benzene rings is 2. The van der Waals surface area contributed by atoms with Crippen LogP contribution in [0.5, 0.6) is 0 Å². The molecule has 8 heteroatoms. The van der Waals surface area contributed by atoms with Crippen LogP contribution in [0.4, 0.5) is 17.1 Å². The molecule has 1 atom stereocenters. The minimum absolute atomic E-state index is 0.0407. The maximum absolute atomic E-state index is 13.1. The molecular formula is C20H20N4O4. The fourth-order valence-electron chi connectivity index (χ4n) is 3.84. The molecule has 1 saturated heterocycles. The monoisotopic (exact) mass is 380 g/mol. The second-order valence-electron chi connectivity index (χ2n) is 6.98. The average molecular weight is 380 g/mol. The zero-order valence-corrected chi connectivity index (χ0v) is 15.2. The van der Waals surface area contributed by atoms with Crippen LogP contribution in [0.1, 0.15) is 17.9 Å². The lowest BCUT2D eigenvalue weighted by atomic mass is 9.89. The van der Waals surface area contributed by atoms with Crippen molar-refractivity contribution in [1.82, 2.24) is 4.90 Å². The zero-order chi connectivity index (χ0) is 19.7. The molecule has 8 nitrogen and oxygen atoms in total. The number of hydrogen-bond donors (Lipinski definition) is 1. The number of para-hydroxylation sites is 1. The van der Waals surface area contributed by atoms with Gasteiger partial charge in [0.15, 0.2) is 0 Å². The summed E-state index contributed by atoms with van der Waals surface area (Å²) in [6.07, 6.45) is 0.154. The maximum Gasteiger partial charge on any atom is 0.271 e. The number of piperazine rings is 1. The van der Waals surface area contributed by atoms with Crippen molar-refractivity contribution in [2.75, 3.05) is 36.4 Å². The minimum atomic E-state index is -0.464. The van der Waals surface area contributed by atoms with E-state index in [2.05, 4.69) is 5.32 Å². The Kier molecular flexibility index (Phi) is 4.68. The molecule has 0 bridgehead atoms. The first-order chi connectivity index (χ1) is 13.5. The third-order valence-electron chi connectivity index (χ3n) is 5.29. The first-order valence-corrected chi connectivity index (χ1v) is 9.20. The van der Waals surface area contributed by atoms with E-state index in [4.69, 9.17) is 0 Å². The summed E-state index contributed by atoms with van der Waals surface area (Å²) in [7, 11) is 0. The second kappa shape index (κ2) is 7.30. The molecule has 1 fully saturated rings. The summed E-state index contributed by atoms with van der Waals surface area (Å²) < 4.78 is 0. The molecular weight excluding hydrogens is 360 g/mol. The predicted octanol–water partition coefficient (Wildman–Crippen LogP) is 2.37. The Labute approximate surface area is 161 Å². The van der Waals surface area contributed by atoms with Crippen molar-refractivity contribution in [2.45, 2.75) is 12.3 Å². The van der Waals surface area contributed by atoms with E-state index in [1.54, 1.807) is 17.0 Å². The quantitative estimate of drug-likeness (QED) is 0.651. The number of carbonyl (C=O) groups is 2. The van der Waals surface area contributed by atoms with Gasteiger partial charge < -0.3 is 15.1 Å². The predicted molar refractivity (Wildman–Crippen MR) is 104 cm³/mol. The summed E-state index contributed by atoms with van der Waals surface area (Å²) in [5.41, 5.74) is 2.39. The van der Waals surface area contributed by atoms with Crippen LogP contribution in [0.3, 0.4) is 0 Å². The van der Waals surface area contributed by atoms with Crippen molar-refractivity contribution in [3.8, 4) is 0 Å². The Morgan fingerprint density at radius 1 is 1.07 bits per heavy atom. The van der Waals surface area contributed by atoms with Crippen molar-refractivity contribution in [1.29, 1.82) is 0 Å². The molecule has 0 aromatic heterocycles. The number of nitro groups is 1. The first kappa shape index (κ1) is 18.0. The van der Waals surface area contributed by atoms with Crippen LogP contribution in [-0.2, 0) is 9.59 Å². The highest BCUT2D eigenvalue weighted by molar-refractivity contribution is 6.01. The van der Waals surface area contributed by atoms with E-state index >= 15 is 0 Å². The van der Waals surface area contributed by atoms with Gasteiger partial charge in [-0.3, -0.25) is 19.7 Å². The van der Waals surface area contributed by atoms with Crippen LogP contribution in [0, 0.1) is 10.1 Å². The summed E-state index contributed by atoms with van der Waals surface area (Å²) in [5, 5.41) is 13.8. The smallest absolute Gasteiger partial charge is 0.271 e. The number of nitro benzene ring substituents is 1. The third-order valence-corrected chi connectivity index (χ3v) is 5.29. The van der Waals surface area contributed by atoms with E-state index in [9.17, 15) is 19.7 Å². The van der Waals surface area contributed by atoms with E-state index in [-0.39, 0.29) is 23.9 Å². The maximum atomic E-state index is 13.1. The Morgan fingerprint density at radius 3 is 2.57 bits per heavy atom. The van der Waals surface area contributed by atoms with Crippen LogP contribution in [0.25, 0.3) is 0 Å². The van der Waals surface area contributed by atoms with Gasteiger partial charge in [-0.05, 0) is 17.7 Å². The molecule has 2 aliphatic rings. The van der Waals surface area contributed by atoms with Crippen LogP contribution in [0.15, 0.2) is 48.5 Å². The van der Waals surface area contributed by atoms with Gasteiger partial charge in [-0.15, -0.1) is 0 Å². The van der Waals surface area contributed by atoms with E-state index in [0.717, 1.165) is 11.3 Å². The van der Waals surface area contributed by atoms with Gasteiger partial charge >= 0.3 is 0 Å². The van der Waals surface area contributed by atoms with Crippen LogP contribution in [0.2, 0.25) is 0 Å². The van der Waals surface area contributed by atoms with Crippen molar-refractivity contribution in [3.63, 3.8) is 0 Å². The fourth-order valence-corrected chi connectivity index (χ4v) is 3.84. The molecule has 2 amide bonds. The van der Waals surface area contributed by atoms with Gasteiger partial charge in [-0.1, -0.05) is 24.3 Å². The van der Waals surface area contributed by atoms with Crippen molar-refractivity contribution in [2.24, 2.45) is 0 Å². The van der Waals surface area contributed by atoms with Gasteiger partial charge in [0.05, 0.1) is 10.8 Å². The Balaban J connectivity index is 1.46. The van der Waals surface area contributed by atoms with Crippen molar-refractivity contribution < 1.29 is 14.5 Å². The number of nitrogens with one attached hydrogen (secondary N) is 1. The molecule has 0 spiro atoms. The number of fused-ring (bicyclic) bond motifs is 1. The van der Waals surface area contributed by atoms with Gasteiger partial charge in [0.25, 0.3) is 5.69 Å². The molecule has 2 aliphatic heterocycles. The summed E-state index contributed by atoms with van der Waals surface area (Å²) in [6.45, 7) is 2.21. The first-order valence-electron chi connectivity index (χ1n) is 9.20. The number of non-ortho nitro benzene ring substituents is 1. The largest absolute Gasteiger partial charge is 0.368 e. The Hall–Kier alpha value is -3.42. The van der Waals surface area contributed by atoms with E-state index < -0.39 is 10.8 Å². The molecule has 1 N–H and O–H groups in total. The van der Waals surface area contributed by atoms with Gasteiger partial charge in [-0.25, -0.2) is 0 Å². The lowest BCUT2D eigenvalue weighted by molar-refractivity contribution is -0.384. The van der Waals surface area contributed by atoms with Gasteiger partial charge in [0.2, 0.25) is 11.8 Å². The molecule has 1 unspecified atom stereocenters. The standard InChI is InChI=1S/C20H20N4O4/c25-19-13-17(16-6-1-2-7-18(16)21-19)20(26)23-10-8-22(9-11-23)14-4-3-5-15(12-14)24(27)28/h1-7,12,17H,8-11,13H2,(H,21,25). The number of nitrogens with zero attached hydrogens (tertiary/aromatic N) is 3. The number of rotatable bonds is 3. The molecule has 0 saturated carbocycles. The highest BCUT2D eigenvalue weighted by atomic mass is 16.6. The molecule has 28 heavy (non-hydrogen) atoms. The zero-order valence-electron chi connectivity index (χ0n) is 15.2. The number of carbonyl (C=O) groups excluding carboxylic acids is 2. The molecule has 144 valence electrons. The van der Waals surface area contributed by atoms with Crippen molar-refractivity contribution >= 4 is 28.9 Å². The third kappa shape index (κ3) is 3.40. The Bertz CT molecular complexity index is 937. The van der Waals surface area contributed by atoms with E-state index in [1.807, 2.05) is 35.2 Å². The average Bonchev–Trinajstić information content (AvgIpc) is 2.73. The molecule has 2 aromatic rings. The molecule has 2 heterocycles. The summed E-state index contributed by atoms with van der Waals surface area (Å²) in [4.78, 5) is 39.5. The molecule has 4 rings (SSSR count).